The molecule has 0 aliphatic carbocycles. The van der Waals surface area contributed by atoms with Crippen molar-refractivity contribution in [1.29, 1.82) is 0 Å². The van der Waals surface area contributed by atoms with Gasteiger partial charge in [-0.05, 0) is 25.1 Å². The smallest absolute Gasteiger partial charge is 0.395 e. The van der Waals surface area contributed by atoms with E-state index in [0.717, 1.165) is 0 Å². The predicted octanol–water partition coefficient (Wildman–Crippen LogP) is 2.41. The van der Waals surface area contributed by atoms with Gasteiger partial charge in [-0.25, -0.2) is 18.7 Å². The number of aromatic nitrogens is 4. The topological polar surface area (TPSA) is 90.8 Å². The van der Waals surface area contributed by atoms with Crippen LogP contribution in [0.3, 0.4) is 0 Å². The average Bonchev–Trinajstić information content (AvgIpc) is 3.14. The number of nitrogen functional groups attached to an aromatic ring is 1. The van der Waals surface area contributed by atoms with E-state index >= 15 is 0 Å². The summed E-state index contributed by atoms with van der Waals surface area (Å²) in [6.45, 7) is 0.249. The molecule has 0 unspecified atom stereocenters. The summed E-state index contributed by atoms with van der Waals surface area (Å²) in [6.07, 6.45) is -3.55. The molecule has 12 heteroatoms. The largest absolute Gasteiger partial charge is 0.586 e. The van der Waals surface area contributed by atoms with Crippen LogP contribution in [0.1, 0.15) is 18.7 Å². The summed E-state index contributed by atoms with van der Waals surface area (Å²) in [4.78, 5) is 10.0. The second-order valence-corrected chi connectivity index (χ2v) is 6.86. The van der Waals surface area contributed by atoms with Gasteiger partial charge in [0.05, 0.1) is 13.1 Å². The Hall–Kier alpha value is -2.89. The molecule has 0 spiro atoms. The maximum Gasteiger partial charge on any atom is 0.586 e. The minimum absolute atomic E-state index is 0.0585. The molecule has 148 valence electrons. The molecule has 8 nitrogen and oxygen atoms in total. The fraction of sp³-hybridized carbons (Fsp3) is 0.438. The zero-order chi connectivity index (χ0) is 19.7. The van der Waals surface area contributed by atoms with Crippen molar-refractivity contribution in [2.45, 2.75) is 31.6 Å². The van der Waals surface area contributed by atoms with Crippen molar-refractivity contribution in [3.8, 4) is 11.5 Å². The molecule has 2 aliphatic rings. The van der Waals surface area contributed by atoms with Crippen LogP contribution >= 0.6 is 0 Å². The third kappa shape index (κ3) is 2.75. The standard InChI is InChI=1S/C16H14F4N6O2/c17-15(18)4-1-5-25(7-15)6-10-22-13-8-2-3-9-12(28-16(19,20)27-9)11(8)23-14(21)26(13)24-10/h2-3H,1,4-7H2,(H2,21,23). The molecular formula is C16H14F4N6O2. The summed E-state index contributed by atoms with van der Waals surface area (Å²) in [5, 5.41) is 4.61. The number of piperidine rings is 1. The van der Waals surface area contributed by atoms with Crippen molar-refractivity contribution >= 4 is 22.5 Å². The van der Waals surface area contributed by atoms with Gasteiger partial charge in [-0.2, -0.15) is 4.52 Å². The van der Waals surface area contributed by atoms with E-state index in [2.05, 4.69) is 24.5 Å². The minimum Gasteiger partial charge on any atom is -0.395 e. The summed E-state index contributed by atoms with van der Waals surface area (Å²) in [5.74, 6) is -2.96. The Morgan fingerprint density at radius 3 is 2.75 bits per heavy atom. The Morgan fingerprint density at radius 1 is 1.14 bits per heavy atom. The highest BCUT2D eigenvalue weighted by atomic mass is 19.3. The van der Waals surface area contributed by atoms with Crippen molar-refractivity contribution in [3.63, 3.8) is 0 Å². The highest BCUT2D eigenvalue weighted by Crippen LogP contribution is 2.45. The molecule has 0 atom stereocenters. The Bertz CT molecular complexity index is 1100. The molecular weight excluding hydrogens is 384 g/mol. The molecule has 5 rings (SSSR count). The van der Waals surface area contributed by atoms with Crippen LogP contribution in [0.15, 0.2) is 12.1 Å². The molecule has 4 heterocycles. The van der Waals surface area contributed by atoms with Crippen LogP contribution in [0, 0.1) is 0 Å². The van der Waals surface area contributed by atoms with Crippen LogP contribution in [0.2, 0.25) is 0 Å². The lowest BCUT2D eigenvalue weighted by Crippen LogP contribution is -2.42. The fourth-order valence-electron chi connectivity index (χ4n) is 3.59. The van der Waals surface area contributed by atoms with E-state index in [0.29, 0.717) is 18.4 Å². The maximum absolute atomic E-state index is 13.6. The second kappa shape index (κ2) is 5.56. The highest BCUT2D eigenvalue weighted by molar-refractivity contribution is 5.97. The molecule has 2 N–H and O–H groups in total. The Morgan fingerprint density at radius 2 is 1.96 bits per heavy atom. The fourth-order valence-corrected chi connectivity index (χ4v) is 3.59. The van der Waals surface area contributed by atoms with Crippen molar-refractivity contribution in [2.24, 2.45) is 0 Å². The quantitative estimate of drug-likeness (QED) is 0.663. The average molecular weight is 398 g/mol. The Labute approximate surface area is 154 Å². The van der Waals surface area contributed by atoms with E-state index in [4.69, 9.17) is 5.73 Å². The second-order valence-electron chi connectivity index (χ2n) is 6.86. The minimum atomic E-state index is -3.79. The summed E-state index contributed by atoms with van der Waals surface area (Å²) in [5.41, 5.74) is 6.23. The Balaban J connectivity index is 1.57. The van der Waals surface area contributed by atoms with Crippen LogP contribution in [0.25, 0.3) is 16.6 Å². The number of fused-ring (bicyclic) bond motifs is 5. The lowest BCUT2D eigenvalue weighted by atomic mass is 10.1. The van der Waals surface area contributed by atoms with Gasteiger partial charge in [0, 0.05) is 11.8 Å². The third-order valence-corrected chi connectivity index (χ3v) is 4.72. The van der Waals surface area contributed by atoms with E-state index in [-0.39, 0.29) is 53.9 Å². The highest BCUT2D eigenvalue weighted by Gasteiger charge is 2.45. The molecule has 0 saturated carbocycles. The summed E-state index contributed by atoms with van der Waals surface area (Å²) >= 11 is 0. The number of nitrogens with zero attached hydrogens (tertiary/aromatic N) is 5. The number of anilines is 1. The first-order chi connectivity index (χ1) is 13.2. The summed E-state index contributed by atoms with van der Waals surface area (Å²) in [6, 6.07) is 2.81. The molecule has 1 fully saturated rings. The number of hydrogen-bond donors (Lipinski definition) is 1. The van der Waals surface area contributed by atoms with Crippen LogP contribution in [-0.2, 0) is 6.54 Å². The van der Waals surface area contributed by atoms with Crippen LogP contribution in [0.4, 0.5) is 23.5 Å². The van der Waals surface area contributed by atoms with E-state index in [1.807, 2.05) is 0 Å². The van der Waals surface area contributed by atoms with Gasteiger partial charge in [-0.1, -0.05) is 0 Å². The number of benzene rings is 1. The predicted molar refractivity (Wildman–Crippen MR) is 88.4 cm³/mol. The molecule has 2 aliphatic heterocycles. The van der Waals surface area contributed by atoms with Gasteiger partial charge in [0.25, 0.3) is 5.92 Å². The zero-order valence-electron chi connectivity index (χ0n) is 14.3. The van der Waals surface area contributed by atoms with E-state index in [9.17, 15) is 17.6 Å². The number of alkyl halides is 4. The normalized spacial score (nSPS) is 20.9. The number of hydrogen-bond acceptors (Lipinski definition) is 7. The van der Waals surface area contributed by atoms with E-state index in [1.54, 1.807) is 4.90 Å². The van der Waals surface area contributed by atoms with Crippen molar-refractivity contribution in [1.82, 2.24) is 24.5 Å². The molecule has 0 bridgehead atoms. The van der Waals surface area contributed by atoms with Gasteiger partial charge >= 0.3 is 6.29 Å². The SMILES string of the molecule is Nc1nc2c3c(ccc2c2nc(CN4CCCC(F)(F)C4)nn12)OC(F)(F)O3. The number of nitrogens with two attached hydrogens (primary N) is 1. The first-order valence-electron chi connectivity index (χ1n) is 8.55. The van der Waals surface area contributed by atoms with E-state index in [1.165, 1.54) is 16.6 Å². The van der Waals surface area contributed by atoms with Gasteiger partial charge in [0.1, 0.15) is 5.52 Å². The Kier molecular flexibility index (Phi) is 3.42. The lowest BCUT2D eigenvalue weighted by Gasteiger charge is -2.31. The molecule has 0 amide bonds. The van der Waals surface area contributed by atoms with Gasteiger partial charge < -0.3 is 15.2 Å². The van der Waals surface area contributed by atoms with Crippen molar-refractivity contribution in [3.05, 3.63) is 18.0 Å². The summed E-state index contributed by atoms with van der Waals surface area (Å²) < 4.78 is 64.3. The van der Waals surface area contributed by atoms with E-state index < -0.39 is 12.2 Å². The lowest BCUT2D eigenvalue weighted by molar-refractivity contribution is -0.286. The van der Waals surface area contributed by atoms with Crippen molar-refractivity contribution < 1.29 is 27.0 Å². The molecule has 3 aromatic rings. The number of likely N-dealkylation sites (tertiary alicyclic amines) is 1. The summed E-state index contributed by atoms with van der Waals surface area (Å²) in [7, 11) is 0. The zero-order valence-corrected chi connectivity index (χ0v) is 14.3. The van der Waals surface area contributed by atoms with Crippen LogP contribution in [0.5, 0.6) is 11.5 Å². The van der Waals surface area contributed by atoms with Crippen molar-refractivity contribution in [2.75, 3.05) is 18.8 Å². The van der Waals surface area contributed by atoms with Gasteiger partial charge in [0.2, 0.25) is 5.95 Å². The number of rotatable bonds is 2. The monoisotopic (exact) mass is 398 g/mol. The molecule has 2 aromatic heterocycles. The molecule has 1 aromatic carbocycles. The van der Waals surface area contributed by atoms with Gasteiger partial charge in [0.15, 0.2) is 23.0 Å². The molecule has 1 saturated heterocycles. The first-order valence-corrected chi connectivity index (χ1v) is 8.55. The van der Waals surface area contributed by atoms with Crippen LogP contribution < -0.4 is 15.2 Å². The molecule has 28 heavy (non-hydrogen) atoms. The number of halogens is 4. The molecule has 0 radical (unpaired) electrons. The third-order valence-electron chi connectivity index (χ3n) is 4.72. The maximum atomic E-state index is 13.6. The first kappa shape index (κ1) is 17.2. The number of ether oxygens (including phenoxy) is 2. The van der Waals surface area contributed by atoms with Crippen LogP contribution in [-0.4, -0.2) is 49.8 Å². The van der Waals surface area contributed by atoms with Gasteiger partial charge in [-0.3, -0.25) is 4.90 Å². The van der Waals surface area contributed by atoms with Gasteiger partial charge in [-0.15, -0.1) is 13.9 Å².